The maximum atomic E-state index is 12.8. The number of nitrogens with zero attached hydrogens (tertiary/aromatic N) is 2. The van der Waals surface area contributed by atoms with Crippen LogP contribution in [0.2, 0.25) is 0 Å². The van der Waals surface area contributed by atoms with E-state index in [-0.39, 0.29) is 6.04 Å². The summed E-state index contributed by atoms with van der Waals surface area (Å²) in [5.74, 6) is -0.821. The van der Waals surface area contributed by atoms with Crippen molar-refractivity contribution in [1.29, 1.82) is 0 Å². The monoisotopic (exact) mass is 371 g/mol. The van der Waals surface area contributed by atoms with E-state index in [4.69, 9.17) is 4.42 Å². The molecule has 0 radical (unpaired) electrons. The Bertz CT molecular complexity index is 1310. The lowest BCUT2D eigenvalue weighted by molar-refractivity contribution is -0.122. The van der Waals surface area contributed by atoms with Crippen LogP contribution in [0.25, 0.3) is 33.1 Å². The Balaban J connectivity index is 1.86. The summed E-state index contributed by atoms with van der Waals surface area (Å²) in [6, 6.07) is 11.7. The summed E-state index contributed by atoms with van der Waals surface area (Å²) in [5.41, 5.74) is 3.45. The molecular formula is C22H17N3O3. The summed E-state index contributed by atoms with van der Waals surface area (Å²) in [6.07, 6.45) is 5.07. The second kappa shape index (κ2) is 5.92. The average Bonchev–Trinajstić information content (AvgIpc) is 3.34. The van der Waals surface area contributed by atoms with Crippen molar-refractivity contribution in [3.05, 3.63) is 66.2 Å². The lowest BCUT2D eigenvalue weighted by Crippen LogP contribution is -2.22. The number of para-hydroxylation sites is 1. The van der Waals surface area contributed by atoms with Gasteiger partial charge in [0.2, 0.25) is 5.71 Å². The second-order valence-corrected chi connectivity index (χ2v) is 7.10. The highest BCUT2D eigenvalue weighted by Gasteiger charge is 2.35. The number of imide groups is 1. The zero-order valence-electron chi connectivity index (χ0n) is 15.4. The van der Waals surface area contributed by atoms with Crippen molar-refractivity contribution >= 4 is 45.0 Å². The number of nitrogens with one attached hydrogen (secondary N) is 1. The molecule has 4 heterocycles. The highest BCUT2D eigenvalue weighted by Crippen LogP contribution is 2.39. The van der Waals surface area contributed by atoms with Crippen LogP contribution in [0.4, 0.5) is 0 Å². The fourth-order valence-electron chi connectivity index (χ4n) is 3.86. The van der Waals surface area contributed by atoms with E-state index in [9.17, 15) is 9.59 Å². The minimum atomic E-state index is -0.423. The first-order valence-electron chi connectivity index (χ1n) is 9.08. The van der Waals surface area contributed by atoms with Crippen molar-refractivity contribution in [3.63, 3.8) is 0 Å². The van der Waals surface area contributed by atoms with E-state index in [1.165, 1.54) is 6.26 Å². The number of amides is 2. The van der Waals surface area contributed by atoms with Crippen molar-refractivity contribution in [2.75, 3.05) is 0 Å². The first-order valence-corrected chi connectivity index (χ1v) is 9.08. The molecule has 0 spiro atoms. The summed E-state index contributed by atoms with van der Waals surface area (Å²) in [5, 5.41) is 4.08. The van der Waals surface area contributed by atoms with Crippen molar-refractivity contribution in [3.8, 4) is 0 Å². The minimum Gasteiger partial charge on any atom is -0.445 e. The first kappa shape index (κ1) is 16.5. The molecule has 1 aliphatic heterocycles. The largest absolute Gasteiger partial charge is 0.445 e. The number of pyridine rings is 1. The number of rotatable bonds is 3. The zero-order valence-corrected chi connectivity index (χ0v) is 15.4. The number of carbonyl (C=O) groups is 2. The van der Waals surface area contributed by atoms with Crippen molar-refractivity contribution in [2.24, 2.45) is 0 Å². The van der Waals surface area contributed by atoms with Gasteiger partial charge in [0.15, 0.2) is 0 Å². The Morgan fingerprint density at radius 2 is 1.68 bits per heavy atom. The normalized spacial score (nSPS) is 14.7. The van der Waals surface area contributed by atoms with Crippen molar-refractivity contribution < 1.29 is 14.0 Å². The van der Waals surface area contributed by atoms with Crippen LogP contribution in [0.15, 0.2) is 59.5 Å². The lowest BCUT2D eigenvalue weighted by atomic mass is 9.96. The molecular weight excluding hydrogens is 354 g/mol. The quantitative estimate of drug-likeness (QED) is 0.554. The maximum Gasteiger partial charge on any atom is 0.259 e. The van der Waals surface area contributed by atoms with Crippen molar-refractivity contribution in [2.45, 2.75) is 19.9 Å². The SMILES string of the molecule is CC(C)n1cc(C2=C(c3coc4ncccc34)C(=O)NC2=O)c2ccccc21. The summed E-state index contributed by atoms with van der Waals surface area (Å²) < 4.78 is 7.63. The molecule has 138 valence electrons. The zero-order chi connectivity index (χ0) is 19.4. The van der Waals surface area contributed by atoms with Gasteiger partial charge in [-0.05, 0) is 32.0 Å². The highest BCUT2D eigenvalue weighted by atomic mass is 16.3. The third-order valence-corrected chi connectivity index (χ3v) is 5.12. The molecule has 0 unspecified atom stereocenters. The van der Waals surface area contributed by atoms with E-state index >= 15 is 0 Å². The lowest BCUT2D eigenvalue weighted by Gasteiger charge is -2.08. The topological polar surface area (TPSA) is 77.1 Å². The molecule has 1 aromatic carbocycles. The molecule has 0 fully saturated rings. The van der Waals surface area contributed by atoms with E-state index in [0.29, 0.717) is 27.8 Å². The molecule has 0 saturated heterocycles. The van der Waals surface area contributed by atoms with Gasteiger partial charge in [-0.2, -0.15) is 0 Å². The Morgan fingerprint density at radius 1 is 0.964 bits per heavy atom. The predicted octanol–water partition coefficient (Wildman–Crippen LogP) is 3.93. The summed E-state index contributed by atoms with van der Waals surface area (Å²) in [4.78, 5) is 29.7. The number of hydrogen-bond acceptors (Lipinski definition) is 4. The third kappa shape index (κ3) is 2.24. The Kier molecular flexibility index (Phi) is 3.49. The van der Waals surface area contributed by atoms with Crippen LogP contribution in [0.3, 0.4) is 0 Å². The molecule has 6 nitrogen and oxygen atoms in total. The molecule has 28 heavy (non-hydrogen) atoms. The molecule has 3 aromatic heterocycles. The van der Waals surface area contributed by atoms with E-state index in [2.05, 4.69) is 28.7 Å². The van der Waals surface area contributed by atoms with Crippen LogP contribution in [0.1, 0.15) is 31.0 Å². The number of furan rings is 1. The van der Waals surface area contributed by atoms with Gasteiger partial charge in [-0.3, -0.25) is 14.9 Å². The summed E-state index contributed by atoms with van der Waals surface area (Å²) >= 11 is 0. The molecule has 0 aliphatic carbocycles. The minimum absolute atomic E-state index is 0.210. The molecule has 1 aliphatic rings. The van der Waals surface area contributed by atoms with Gasteiger partial charge in [-0.1, -0.05) is 18.2 Å². The van der Waals surface area contributed by atoms with Crippen LogP contribution < -0.4 is 5.32 Å². The van der Waals surface area contributed by atoms with Gasteiger partial charge >= 0.3 is 0 Å². The van der Waals surface area contributed by atoms with Gasteiger partial charge in [0.25, 0.3) is 11.8 Å². The number of benzene rings is 1. The first-order chi connectivity index (χ1) is 13.6. The molecule has 1 N–H and O–H groups in total. The van der Waals surface area contributed by atoms with E-state index in [0.717, 1.165) is 16.5 Å². The predicted molar refractivity (Wildman–Crippen MR) is 106 cm³/mol. The maximum absolute atomic E-state index is 12.8. The Labute approximate surface area is 160 Å². The number of carbonyl (C=O) groups excluding carboxylic acids is 2. The fraction of sp³-hybridized carbons (Fsp3) is 0.136. The van der Waals surface area contributed by atoms with Gasteiger partial charge in [0, 0.05) is 45.9 Å². The van der Waals surface area contributed by atoms with Gasteiger partial charge in [0.05, 0.1) is 11.1 Å². The Morgan fingerprint density at radius 3 is 2.46 bits per heavy atom. The van der Waals surface area contributed by atoms with Gasteiger partial charge in [-0.25, -0.2) is 4.98 Å². The summed E-state index contributed by atoms with van der Waals surface area (Å²) in [6.45, 7) is 4.17. The molecule has 5 rings (SSSR count). The number of fused-ring (bicyclic) bond motifs is 2. The number of hydrogen-bond donors (Lipinski definition) is 1. The van der Waals surface area contributed by atoms with Crippen LogP contribution in [-0.2, 0) is 9.59 Å². The molecule has 0 bridgehead atoms. The molecule has 0 saturated carbocycles. The highest BCUT2D eigenvalue weighted by molar-refractivity contribution is 6.50. The summed E-state index contributed by atoms with van der Waals surface area (Å²) in [7, 11) is 0. The smallest absolute Gasteiger partial charge is 0.259 e. The van der Waals surface area contributed by atoms with Gasteiger partial charge in [0.1, 0.15) is 6.26 Å². The Hall–Kier alpha value is -3.67. The van der Waals surface area contributed by atoms with Crippen LogP contribution in [-0.4, -0.2) is 21.4 Å². The van der Waals surface area contributed by atoms with Crippen LogP contribution >= 0.6 is 0 Å². The molecule has 4 aromatic rings. The average molecular weight is 371 g/mol. The van der Waals surface area contributed by atoms with Crippen molar-refractivity contribution in [1.82, 2.24) is 14.9 Å². The second-order valence-electron chi connectivity index (χ2n) is 7.10. The number of aromatic nitrogens is 2. The molecule has 2 amide bonds. The third-order valence-electron chi connectivity index (χ3n) is 5.12. The van der Waals surface area contributed by atoms with E-state index < -0.39 is 11.8 Å². The van der Waals surface area contributed by atoms with Gasteiger partial charge in [-0.15, -0.1) is 0 Å². The van der Waals surface area contributed by atoms with E-state index in [1.807, 2.05) is 36.5 Å². The van der Waals surface area contributed by atoms with Crippen LogP contribution in [0, 0.1) is 0 Å². The fourth-order valence-corrected chi connectivity index (χ4v) is 3.86. The van der Waals surface area contributed by atoms with Gasteiger partial charge < -0.3 is 8.98 Å². The standard InChI is InChI=1S/C22H17N3O3/c1-12(2)25-10-15(13-6-3-4-8-17(13)25)18-19(21(27)24-20(18)26)16-11-28-22-14(16)7-5-9-23-22/h3-12H,1-2H3,(H,24,26,27). The molecule has 0 atom stereocenters. The van der Waals surface area contributed by atoms with Crippen LogP contribution in [0.5, 0.6) is 0 Å². The molecule has 6 heteroatoms. The van der Waals surface area contributed by atoms with E-state index in [1.54, 1.807) is 12.3 Å².